The molecule has 7 heteroatoms. The average molecular weight is 327 g/mol. The van der Waals surface area contributed by atoms with E-state index in [2.05, 4.69) is 5.32 Å². The van der Waals surface area contributed by atoms with Crippen LogP contribution in [0.25, 0.3) is 10.2 Å². The summed E-state index contributed by atoms with van der Waals surface area (Å²) >= 11 is 1.36. The number of aromatic nitrogens is 1. The molecular formula is C16H13N3O3S. The molecule has 2 N–H and O–H groups in total. The lowest BCUT2D eigenvalue weighted by Gasteiger charge is -2.07. The van der Waals surface area contributed by atoms with Crippen LogP contribution < -0.4 is 19.6 Å². The number of ether oxygens (including phenoxy) is 2. The molecule has 0 atom stereocenters. The molecule has 0 unspecified atom stereocenters. The highest BCUT2D eigenvalue weighted by atomic mass is 32.1. The van der Waals surface area contributed by atoms with Crippen LogP contribution in [-0.4, -0.2) is 17.3 Å². The number of hydrogen-bond donors (Lipinski definition) is 2. The highest BCUT2D eigenvalue weighted by molar-refractivity contribution is 7.16. The maximum absolute atomic E-state index is 12.3. The highest BCUT2D eigenvalue weighted by Crippen LogP contribution is 2.34. The van der Waals surface area contributed by atoms with Gasteiger partial charge in [0.1, 0.15) is 6.54 Å². The van der Waals surface area contributed by atoms with Crippen molar-refractivity contribution in [1.82, 2.24) is 4.57 Å². The third kappa shape index (κ3) is 2.55. The first kappa shape index (κ1) is 13.8. The minimum Gasteiger partial charge on any atom is -0.454 e. The van der Waals surface area contributed by atoms with Crippen molar-refractivity contribution in [2.45, 2.75) is 6.54 Å². The first-order chi connectivity index (χ1) is 11.2. The van der Waals surface area contributed by atoms with Gasteiger partial charge in [-0.1, -0.05) is 23.5 Å². The SMILES string of the molecule is N=c1sc2ccccc2n1CC(=O)Nc1ccc2c(c1)OCO2. The zero-order valence-corrected chi connectivity index (χ0v) is 12.9. The van der Waals surface area contributed by atoms with Crippen LogP contribution in [0.1, 0.15) is 0 Å². The molecule has 6 nitrogen and oxygen atoms in total. The monoisotopic (exact) mass is 327 g/mol. The molecule has 1 amide bonds. The van der Waals surface area contributed by atoms with Crippen LogP contribution in [0.4, 0.5) is 5.69 Å². The van der Waals surface area contributed by atoms with Crippen LogP contribution in [0.2, 0.25) is 0 Å². The summed E-state index contributed by atoms with van der Waals surface area (Å²) in [6.45, 7) is 0.295. The number of amides is 1. The van der Waals surface area contributed by atoms with Gasteiger partial charge in [0.15, 0.2) is 16.3 Å². The van der Waals surface area contributed by atoms with Crippen molar-refractivity contribution in [3.05, 3.63) is 47.3 Å². The molecule has 0 saturated heterocycles. The predicted molar refractivity (Wildman–Crippen MR) is 86.9 cm³/mol. The second-order valence-electron chi connectivity index (χ2n) is 5.08. The molecule has 0 saturated carbocycles. The largest absolute Gasteiger partial charge is 0.454 e. The van der Waals surface area contributed by atoms with Gasteiger partial charge in [-0.3, -0.25) is 10.2 Å². The minimum atomic E-state index is -0.189. The number of carbonyl (C=O) groups excluding carboxylic acids is 1. The van der Waals surface area contributed by atoms with E-state index in [1.165, 1.54) is 11.3 Å². The first-order valence-corrected chi connectivity index (χ1v) is 7.85. The second kappa shape index (κ2) is 5.44. The Bertz CT molecular complexity index is 961. The van der Waals surface area contributed by atoms with Crippen molar-refractivity contribution < 1.29 is 14.3 Å². The number of nitrogens with zero attached hydrogens (tertiary/aromatic N) is 1. The van der Waals surface area contributed by atoms with Crippen LogP contribution in [-0.2, 0) is 11.3 Å². The molecule has 4 rings (SSSR count). The highest BCUT2D eigenvalue weighted by Gasteiger charge is 2.15. The number of benzene rings is 2. The molecule has 0 bridgehead atoms. The van der Waals surface area contributed by atoms with E-state index in [-0.39, 0.29) is 19.2 Å². The molecule has 0 radical (unpaired) electrons. The Morgan fingerprint density at radius 1 is 1.22 bits per heavy atom. The number of hydrogen-bond acceptors (Lipinski definition) is 5. The molecule has 3 aromatic rings. The summed E-state index contributed by atoms with van der Waals surface area (Å²) in [5.41, 5.74) is 1.54. The maximum Gasteiger partial charge on any atom is 0.244 e. The van der Waals surface area contributed by atoms with E-state index in [0.29, 0.717) is 22.0 Å². The Labute approximate surface area is 135 Å². The molecular weight excluding hydrogens is 314 g/mol. The van der Waals surface area contributed by atoms with Crippen molar-refractivity contribution in [3.63, 3.8) is 0 Å². The van der Waals surface area contributed by atoms with Gasteiger partial charge >= 0.3 is 0 Å². The molecule has 2 heterocycles. The van der Waals surface area contributed by atoms with Crippen molar-refractivity contribution in [3.8, 4) is 11.5 Å². The second-order valence-corrected chi connectivity index (χ2v) is 6.11. The van der Waals surface area contributed by atoms with E-state index in [9.17, 15) is 4.79 Å². The molecule has 0 spiro atoms. The molecule has 116 valence electrons. The first-order valence-electron chi connectivity index (χ1n) is 7.03. The summed E-state index contributed by atoms with van der Waals surface area (Å²) in [7, 11) is 0. The minimum absolute atomic E-state index is 0.0945. The van der Waals surface area contributed by atoms with Gasteiger partial charge in [0.25, 0.3) is 0 Å². The van der Waals surface area contributed by atoms with Gasteiger partial charge in [-0.25, -0.2) is 0 Å². The lowest BCUT2D eigenvalue weighted by atomic mass is 10.2. The van der Waals surface area contributed by atoms with Crippen LogP contribution in [0, 0.1) is 5.41 Å². The van der Waals surface area contributed by atoms with E-state index in [4.69, 9.17) is 14.9 Å². The van der Waals surface area contributed by atoms with E-state index in [1.54, 1.807) is 22.8 Å². The third-order valence-corrected chi connectivity index (χ3v) is 4.54. The number of para-hydroxylation sites is 1. The van der Waals surface area contributed by atoms with Gasteiger partial charge in [-0.15, -0.1) is 0 Å². The van der Waals surface area contributed by atoms with Crippen molar-refractivity contribution in [2.75, 3.05) is 12.1 Å². The summed E-state index contributed by atoms with van der Waals surface area (Å²) < 4.78 is 13.2. The number of carbonyl (C=O) groups is 1. The standard InChI is InChI=1S/C16H13N3O3S/c17-16-19(11-3-1-2-4-14(11)23-16)8-15(20)18-10-5-6-12-13(7-10)22-9-21-12/h1-7,17H,8-9H2,(H,18,20). The zero-order chi connectivity index (χ0) is 15.8. The number of anilines is 1. The predicted octanol–water partition coefficient (Wildman–Crippen LogP) is 2.55. The van der Waals surface area contributed by atoms with Gasteiger partial charge in [0, 0.05) is 11.8 Å². The van der Waals surface area contributed by atoms with Crippen LogP contribution >= 0.6 is 11.3 Å². The summed E-state index contributed by atoms with van der Waals surface area (Å²) in [5.74, 6) is 1.11. The van der Waals surface area contributed by atoms with Gasteiger partial charge in [0.2, 0.25) is 12.7 Å². The topological polar surface area (TPSA) is 76.3 Å². The van der Waals surface area contributed by atoms with Crippen LogP contribution in [0.15, 0.2) is 42.5 Å². The van der Waals surface area contributed by atoms with Crippen LogP contribution in [0.3, 0.4) is 0 Å². The van der Waals surface area contributed by atoms with E-state index < -0.39 is 0 Å². The van der Waals surface area contributed by atoms with Crippen molar-refractivity contribution in [2.24, 2.45) is 0 Å². The normalized spacial score (nSPS) is 12.5. The Kier molecular flexibility index (Phi) is 3.27. The Hall–Kier alpha value is -2.80. The number of fused-ring (bicyclic) bond motifs is 2. The van der Waals surface area contributed by atoms with E-state index in [1.807, 2.05) is 24.3 Å². The molecule has 1 aliphatic rings. The smallest absolute Gasteiger partial charge is 0.244 e. The fraction of sp³-hybridized carbons (Fsp3) is 0.125. The summed E-state index contributed by atoms with van der Waals surface area (Å²) in [4.78, 5) is 12.6. The third-order valence-electron chi connectivity index (χ3n) is 3.57. The van der Waals surface area contributed by atoms with Crippen molar-refractivity contribution >= 4 is 33.1 Å². The van der Waals surface area contributed by atoms with Gasteiger partial charge < -0.3 is 19.4 Å². The molecule has 1 aromatic heterocycles. The van der Waals surface area contributed by atoms with Gasteiger partial charge in [-0.2, -0.15) is 0 Å². The quantitative estimate of drug-likeness (QED) is 0.776. The van der Waals surface area contributed by atoms with E-state index >= 15 is 0 Å². The maximum atomic E-state index is 12.3. The average Bonchev–Trinajstić information content (AvgIpc) is 3.12. The molecule has 23 heavy (non-hydrogen) atoms. The summed E-state index contributed by atoms with van der Waals surface area (Å²) in [6, 6.07) is 13.0. The van der Waals surface area contributed by atoms with Crippen molar-refractivity contribution in [1.29, 1.82) is 5.41 Å². The molecule has 2 aromatic carbocycles. The number of rotatable bonds is 3. The zero-order valence-electron chi connectivity index (χ0n) is 12.0. The lowest BCUT2D eigenvalue weighted by Crippen LogP contribution is -2.24. The fourth-order valence-electron chi connectivity index (χ4n) is 2.51. The van der Waals surface area contributed by atoms with E-state index in [0.717, 1.165) is 10.2 Å². The van der Waals surface area contributed by atoms with Gasteiger partial charge in [-0.05, 0) is 24.3 Å². The number of thiazole rings is 1. The summed E-state index contributed by atoms with van der Waals surface area (Å²) in [6.07, 6.45) is 0. The number of nitrogens with one attached hydrogen (secondary N) is 2. The Balaban J connectivity index is 1.56. The van der Waals surface area contributed by atoms with Crippen LogP contribution in [0.5, 0.6) is 11.5 Å². The molecule has 1 aliphatic heterocycles. The summed E-state index contributed by atoms with van der Waals surface area (Å²) in [5, 5.41) is 10.9. The fourth-order valence-corrected chi connectivity index (χ4v) is 3.42. The Morgan fingerprint density at radius 2 is 2.04 bits per heavy atom. The molecule has 0 aliphatic carbocycles. The molecule has 0 fully saturated rings. The van der Waals surface area contributed by atoms with Gasteiger partial charge in [0.05, 0.1) is 10.2 Å². The Morgan fingerprint density at radius 3 is 2.96 bits per heavy atom. The lowest BCUT2D eigenvalue weighted by molar-refractivity contribution is -0.116.